The molecule has 1 fully saturated rings. The molecule has 0 radical (unpaired) electrons. The number of aromatic nitrogens is 3. The normalized spacial score (nSPS) is 23.2. The highest BCUT2D eigenvalue weighted by Crippen LogP contribution is 2.23. The van der Waals surface area contributed by atoms with Gasteiger partial charge in [-0.25, -0.2) is 4.68 Å². The second kappa shape index (κ2) is 5.77. The Bertz CT molecular complexity index is 323. The Hall–Kier alpha value is -0.420. The Labute approximate surface area is 104 Å². The van der Waals surface area contributed by atoms with E-state index < -0.39 is 0 Å². The molecule has 1 aliphatic rings. The van der Waals surface area contributed by atoms with Crippen LogP contribution in [-0.2, 0) is 11.3 Å². The number of hydrogen-bond acceptors (Lipinski definition) is 3. The van der Waals surface area contributed by atoms with E-state index in [0.717, 1.165) is 31.7 Å². The summed E-state index contributed by atoms with van der Waals surface area (Å²) in [5, 5.41) is 8.30. The van der Waals surface area contributed by atoms with Gasteiger partial charge in [0.2, 0.25) is 0 Å². The van der Waals surface area contributed by atoms with Gasteiger partial charge < -0.3 is 4.74 Å². The number of alkyl halides is 1. The quantitative estimate of drug-likeness (QED) is 0.800. The van der Waals surface area contributed by atoms with Crippen LogP contribution in [0.15, 0.2) is 6.20 Å². The van der Waals surface area contributed by atoms with Crippen LogP contribution in [0.5, 0.6) is 0 Å². The predicted molar refractivity (Wildman–Crippen MR) is 65.6 cm³/mol. The zero-order valence-electron chi connectivity index (χ0n) is 9.60. The van der Waals surface area contributed by atoms with Crippen LogP contribution in [0.2, 0.25) is 0 Å². The maximum atomic E-state index is 5.68. The topological polar surface area (TPSA) is 39.9 Å². The minimum absolute atomic E-state index is 0.313. The Morgan fingerprint density at radius 3 is 3.19 bits per heavy atom. The Balaban J connectivity index is 1.91. The first-order chi connectivity index (χ1) is 7.79. The van der Waals surface area contributed by atoms with Gasteiger partial charge in [0.25, 0.3) is 0 Å². The van der Waals surface area contributed by atoms with E-state index in [2.05, 4.69) is 33.2 Å². The van der Waals surface area contributed by atoms with Crippen LogP contribution >= 0.6 is 15.9 Å². The minimum atomic E-state index is 0.313. The van der Waals surface area contributed by atoms with Gasteiger partial charge in [-0.3, -0.25) is 0 Å². The summed E-state index contributed by atoms with van der Waals surface area (Å²) in [6, 6.07) is 0. The summed E-state index contributed by atoms with van der Waals surface area (Å²) in [5.74, 6) is 0. The molecule has 90 valence electrons. The number of hydrogen-bond donors (Lipinski definition) is 0. The number of rotatable bonds is 4. The summed E-state index contributed by atoms with van der Waals surface area (Å²) in [7, 11) is 0. The van der Waals surface area contributed by atoms with Crippen LogP contribution in [-0.4, -0.2) is 27.7 Å². The van der Waals surface area contributed by atoms with Crippen LogP contribution in [0.4, 0.5) is 0 Å². The number of nitrogens with zero attached hydrogens (tertiary/aromatic N) is 3. The average molecular weight is 288 g/mol. The zero-order valence-corrected chi connectivity index (χ0v) is 11.2. The fourth-order valence-corrected chi connectivity index (χ4v) is 2.13. The summed E-state index contributed by atoms with van der Waals surface area (Å²) in [5.41, 5.74) is 1.01. The highest BCUT2D eigenvalue weighted by Gasteiger charge is 2.16. The van der Waals surface area contributed by atoms with Gasteiger partial charge in [0.05, 0.1) is 23.2 Å². The lowest BCUT2D eigenvalue weighted by atomic mass is 10.1. The van der Waals surface area contributed by atoms with E-state index >= 15 is 0 Å². The molecule has 0 saturated carbocycles. The monoisotopic (exact) mass is 287 g/mol. The largest absolute Gasteiger partial charge is 0.376 e. The van der Waals surface area contributed by atoms with Crippen LogP contribution in [0.1, 0.15) is 43.1 Å². The molecule has 2 atom stereocenters. The lowest BCUT2D eigenvalue weighted by Gasteiger charge is -2.21. The van der Waals surface area contributed by atoms with E-state index in [4.69, 9.17) is 4.74 Å². The molecular weight excluding hydrogens is 270 g/mol. The molecule has 0 N–H and O–H groups in total. The Morgan fingerprint density at radius 1 is 1.62 bits per heavy atom. The molecule has 1 aromatic rings. The minimum Gasteiger partial charge on any atom is -0.376 e. The maximum Gasteiger partial charge on any atom is 0.0963 e. The molecule has 1 saturated heterocycles. The molecule has 2 rings (SSSR count). The lowest BCUT2D eigenvalue weighted by Crippen LogP contribution is -2.24. The molecule has 0 amide bonds. The Kier molecular flexibility index (Phi) is 4.35. The lowest BCUT2D eigenvalue weighted by molar-refractivity contribution is 0.00370. The van der Waals surface area contributed by atoms with Gasteiger partial charge >= 0.3 is 0 Å². The second-order valence-electron chi connectivity index (χ2n) is 4.23. The molecule has 0 aromatic carbocycles. The van der Waals surface area contributed by atoms with Crippen molar-refractivity contribution in [1.29, 1.82) is 0 Å². The Morgan fingerprint density at radius 2 is 2.50 bits per heavy atom. The smallest absolute Gasteiger partial charge is 0.0963 e. The van der Waals surface area contributed by atoms with Gasteiger partial charge in [-0.2, -0.15) is 0 Å². The van der Waals surface area contributed by atoms with Gasteiger partial charge in [-0.1, -0.05) is 28.1 Å². The van der Waals surface area contributed by atoms with Crippen molar-refractivity contribution < 1.29 is 4.74 Å². The van der Waals surface area contributed by atoms with E-state index in [1.807, 2.05) is 10.9 Å². The summed E-state index contributed by atoms with van der Waals surface area (Å²) in [4.78, 5) is 0.313. The fraction of sp³-hybridized carbons (Fsp3) is 0.818. The van der Waals surface area contributed by atoms with E-state index in [-0.39, 0.29) is 0 Å². The van der Waals surface area contributed by atoms with Crippen LogP contribution in [0.25, 0.3) is 0 Å². The third-order valence-electron chi connectivity index (χ3n) is 2.90. The van der Waals surface area contributed by atoms with Gasteiger partial charge in [0.15, 0.2) is 0 Å². The number of halogens is 1. The van der Waals surface area contributed by atoms with Crippen LogP contribution in [0.3, 0.4) is 0 Å². The predicted octanol–water partition coefficient (Wildman–Crippen LogP) is 2.69. The third-order valence-corrected chi connectivity index (χ3v) is 4.02. The van der Waals surface area contributed by atoms with Crippen LogP contribution < -0.4 is 0 Å². The van der Waals surface area contributed by atoms with Crippen molar-refractivity contribution >= 4 is 15.9 Å². The van der Waals surface area contributed by atoms with Crippen LogP contribution in [0, 0.1) is 0 Å². The SMILES string of the molecule is CCC(Br)c1cn(CC2CCCCO2)nn1. The van der Waals surface area contributed by atoms with Crippen molar-refractivity contribution in [2.45, 2.75) is 50.1 Å². The molecular formula is C11H18BrN3O. The zero-order chi connectivity index (χ0) is 11.4. The molecule has 0 bridgehead atoms. The van der Waals surface area contributed by atoms with Gasteiger partial charge in [-0.15, -0.1) is 5.10 Å². The maximum absolute atomic E-state index is 5.68. The standard InChI is InChI=1S/C11H18BrN3O/c1-2-10(12)11-8-15(14-13-11)7-9-5-3-4-6-16-9/h8-10H,2-7H2,1H3. The van der Waals surface area contributed by atoms with Gasteiger partial charge in [-0.05, 0) is 25.7 Å². The molecule has 16 heavy (non-hydrogen) atoms. The average Bonchev–Trinajstić information content (AvgIpc) is 2.78. The molecule has 1 aromatic heterocycles. The molecule has 1 aliphatic heterocycles. The van der Waals surface area contributed by atoms with E-state index in [1.165, 1.54) is 12.8 Å². The van der Waals surface area contributed by atoms with Crippen molar-refractivity contribution in [2.75, 3.05) is 6.61 Å². The summed E-state index contributed by atoms with van der Waals surface area (Å²) < 4.78 is 7.58. The first-order valence-corrected chi connectivity index (χ1v) is 6.87. The molecule has 2 heterocycles. The highest BCUT2D eigenvalue weighted by molar-refractivity contribution is 9.09. The number of ether oxygens (including phenoxy) is 1. The van der Waals surface area contributed by atoms with Crippen molar-refractivity contribution in [3.63, 3.8) is 0 Å². The van der Waals surface area contributed by atoms with E-state index in [0.29, 0.717) is 10.9 Å². The van der Waals surface area contributed by atoms with Crippen molar-refractivity contribution in [3.05, 3.63) is 11.9 Å². The van der Waals surface area contributed by atoms with E-state index in [1.54, 1.807) is 0 Å². The van der Waals surface area contributed by atoms with Crippen molar-refractivity contribution in [2.24, 2.45) is 0 Å². The summed E-state index contributed by atoms with van der Waals surface area (Å²) in [6.45, 7) is 3.85. The molecule has 4 nitrogen and oxygen atoms in total. The molecule has 0 aliphatic carbocycles. The van der Waals surface area contributed by atoms with Crippen molar-refractivity contribution in [3.8, 4) is 0 Å². The first kappa shape index (κ1) is 12.0. The summed E-state index contributed by atoms with van der Waals surface area (Å²) in [6.07, 6.45) is 6.96. The fourth-order valence-electron chi connectivity index (χ4n) is 1.92. The van der Waals surface area contributed by atoms with Crippen molar-refractivity contribution in [1.82, 2.24) is 15.0 Å². The van der Waals surface area contributed by atoms with Gasteiger partial charge in [0, 0.05) is 12.8 Å². The van der Waals surface area contributed by atoms with Gasteiger partial charge in [0.1, 0.15) is 0 Å². The second-order valence-corrected chi connectivity index (χ2v) is 5.34. The van der Waals surface area contributed by atoms with E-state index in [9.17, 15) is 0 Å². The molecule has 0 spiro atoms. The molecule has 2 unspecified atom stereocenters. The third kappa shape index (κ3) is 3.04. The highest BCUT2D eigenvalue weighted by atomic mass is 79.9. The molecule has 5 heteroatoms. The summed E-state index contributed by atoms with van der Waals surface area (Å²) >= 11 is 3.58. The first-order valence-electron chi connectivity index (χ1n) is 5.95.